The van der Waals surface area contributed by atoms with Gasteiger partial charge in [0.25, 0.3) is 0 Å². The number of hydrogen-bond acceptors (Lipinski definition) is 7. The minimum atomic E-state index is -1.48. The predicted molar refractivity (Wildman–Crippen MR) is 147 cm³/mol. The van der Waals surface area contributed by atoms with Crippen molar-refractivity contribution in [1.82, 2.24) is 5.32 Å². The molecule has 7 nitrogen and oxygen atoms in total. The van der Waals surface area contributed by atoms with Gasteiger partial charge >= 0.3 is 11.9 Å². The number of ether oxygens (including phenoxy) is 3. The van der Waals surface area contributed by atoms with Crippen LogP contribution in [0.4, 0.5) is 0 Å². The van der Waals surface area contributed by atoms with Crippen LogP contribution in [-0.4, -0.2) is 44.2 Å². The Morgan fingerprint density at radius 3 is 2.06 bits per heavy atom. The summed E-state index contributed by atoms with van der Waals surface area (Å²) in [7, 11) is 1.67. The molecule has 0 aliphatic carbocycles. The quantitative estimate of drug-likeness (QED) is 0.223. The highest BCUT2D eigenvalue weighted by Crippen LogP contribution is 2.41. The molecular formula is C26H31Br2NO6S. The lowest BCUT2D eigenvalue weighted by molar-refractivity contribution is -0.159. The number of nitrogens with one attached hydrogen (secondary N) is 1. The molecule has 0 atom stereocenters. The molecule has 0 spiro atoms. The van der Waals surface area contributed by atoms with Crippen molar-refractivity contribution in [1.29, 1.82) is 0 Å². The van der Waals surface area contributed by atoms with Crippen LogP contribution in [0, 0.1) is 0 Å². The fraction of sp³-hybridized carbons (Fsp3) is 0.423. The monoisotopic (exact) mass is 643 g/mol. The molecule has 2 aromatic carbocycles. The van der Waals surface area contributed by atoms with Gasteiger partial charge < -0.3 is 19.5 Å². The molecule has 10 heteroatoms. The smallest absolute Gasteiger partial charge is 0.340 e. The average Bonchev–Trinajstić information content (AvgIpc) is 2.83. The zero-order chi connectivity index (χ0) is 26.8. The molecule has 36 heavy (non-hydrogen) atoms. The number of amides is 1. The third-order valence-electron chi connectivity index (χ3n) is 5.09. The molecule has 1 amide bonds. The van der Waals surface area contributed by atoms with Crippen molar-refractivity contribution >= 4 is 61.5 Å². The first-order valence-corrected chi connectivity index (χ1v) is 14.0. The second kappa shape index (κ2) is 14.6. The summed E-state index contributed by atoms with van der Waals surface area (Å²) in [5.74, 6) is -0.931. The maximum atomic E-state index is 12.5. The second-order valence-corrected chi connectivity index (χ2v) is 10.8. The van der Waals surface area contributed by atoms with Crippen LogP contribution < -0.4 is 10.1 Å². The van der Waals surface area contributed by atoms with E-state index in [1.165, 1.54) is 0 Å². The lowest BCUT2D eigenvalue weighted by Crippen LogP contribution is -2.48. The van der Waals surface area contributed by atoms with Gasteiger partial charge in [0.05, 0.1) is 20.3 Å². The molecule has 2 aromatic rings. The molecule has 0 saturated heterocycles. The van der Waals surface area contributed by atoms with Crippen molar-refractivity contribution in [2.75, 3.05) is 20.3 Å². The molecule has 0 unspecified atom stereocenters. The topological polar surface area (TPSA) is 90.9 Å². The summed E-state index contributed by atoms with van der Waals surface area (Å²) >= 11 is 8.92. The molecule has 2 rings (SSSR count). The Kier molecular flexibility index (Phi) is 12.3. The standard InChI is InChI=1S/C26H31Br2NO6S/c1-6-34-25(31)23(26(32)35-7-2)29-22(30)11-8-16-12-19(27)24(20(28)13-16)36-17-9-10-21(33-5)18(14-17)15(3)4/h9-10,12-15,23H,6-8,11H2,1-5H3,(H,29,30). The lowest BCUT2D eigenvalue weighted by atomic mass is 10.0. The van der Waals surface area contributed by atoms with E-state index in [1.54, 1.807) is 32.7 Å². The Morgan fingerprint density at radius 2 is 1.56 bits per heavy atom. The van der Waals surface area contributed by atoms with Crippen LogP contribution in [0.3, 0.4) is 0 Å². The SMILES string of the molecule is CCOC(=O)C(NC(=O)CCc1cc(Br)c(Sc2ccc(OC)c(C(C)C)c2)c(Br)c1)C(=O)OCC. The number of rotatable bonds is 12. The number of hydrogen-bond donors (Lipinski definition) is 1. The maximum Gasteiger partial charge on any atom is 0.340 e. The van der Waals surface area contributed by atoms with Gasteiger partial charge in [-0.2, -0.15) is 0 Å². The van der Waals surface area contributed by atoms with E-state index in [0.717, 1.165) is 35.6 Å². The molecule has 0 bridgehead atoms. The van der Waals surface area contributed by atoms with E-state index in [-0.39, 0.29) is 19.6 Å². The number of carbonyl (C=O) groups excluding carboxylic acids is 3. The van der Waals surface area contributed by atoms with E-state index in [2.05, 4.69) is 57.1 Å². The van der Waals surface area contributed by atoms with E-state index in [4.69, 9.17) is 14.2 Å². The minimum absolute atomic E-state index is 0.0803. The van der Waals surface area contributed by atoms with Gasteiger partial charge in [0.15, 0.2) is 0 Å². The fourth-order valence-electron chi connectivity index (χ4n) is 3.36. The van der Waals surface area contributed by atoms with Crippen LogP contribution in [0.1, 0.15) is 51.2 Å². The number of esters is 2. The summed E-state index contributed by atoms with van der Waals surface area (Å²) in [6, 6.07) is 8.58. The summed E-state index contributed by atoms with van der Waals surface area (Å²) in [6.07, 6.45) is 0.489. The Labute approximate surface area is 233 Å². The Hall–Kier alpha value is -2.04. The van der Waals surface area contributed by atoms with Gasteiger partial charge in [-0.05, 0) is 99.5 Å². The summed E-state index contributed by atoms with van der Waals surface area (Å²) < 4.78 is 17.0. The first-order valence-electron chi connectivity index (χ1n) is 11.6. The summed E-state index contributed by atoms with van der Waals surface area (Å²) in [5, 5.41) is 2.43. The van der Waals surface area contributed by atoms with Gasteiger partial charge in [0.1, 0.15) is 5.75 Å². The van der Waals surface area contributed by atoms with Crippen LogP contribution in [-0.2, 0) is 30.3 Å². The van der Waals surface area contributed by atoms with Crippen LogP contribution >= 0.6 is 43.6 Å². The van der Waals surface area contributed by atoms with E-state index in [1.807, 2.05) is 24.3 Å². The van der Waals surface area contributed by atoms with Crippen LogP contribution in [0.2, 0.25) is 0 Å². The predicted octanol–water partition coefficient (Wildman–Crippen LogP) is 6.04. The van der Waals surface area contributed by atoms with E-state index in [0.29, 0.717) is 12.3 Å². The first-order chi connectivity index (χ1) is 17.1. The van der Waals surface area contributed by atoms with Gasteiger partial charge in [-0.1, -0.05) is 25.6 Å². The largest absolute Gasteiger partial charge is 0.496 e. The van der Waals surface area contributed by atoms with Crippen molar-refractivity contribution in [2.45, 2.75) is 62.3 Å². The Morgan fingerprint density at radius 1 is 0.972 bits per heavy atom. The van der Waals surface area contributed by atoms with Gasteiger partial charge in [-0.25, -0.2) is 9.59 Å². The van der Waals surface area contributed by atoms with Crippen molar-refractivity contribution in [2.24, 2.45) is 0 Å². The van der Waals surface area contributed by atoms with Crippen molar-refractivity contribution in [3.05, 3.63) is 50.4 Å². The molecule has 1 N–H and O–H groups in total. The van der Waals surface area contributed by atoms with E-state index < -0.39 is 23.9 Å². The Bertz CT molecular complexity index is 1050. The lowest BCUT2D eigenvalue weighted by Gasteiger charge is -2.16. The molecule has 0 saturated carbocycles. The van der Waals surface area contributed by atoms with Crippen molar-refractivity contribution in [3.8, 4) is 5.75 Å². The molecular weight excluding hydrogens is 614 g/mol. The number of aryl methyl sites for hydroxylation is 1. The minimum Gasteiger partial charge on any atom is -0.496 e. The third-order valence-corrected chi connectivity index (χ3v) is 8.00. The van der Waals surface area contributed by atoms with Gasteiger partial charge in [0, 0.05) is 25.2 Å². The highest BCUT2D eigenvalue weighted by atomic mass is 79.9. The van der Waals surface area contributed by atoms with Crippen molar-refractivity contribution < 1.29 is 28.6 Å². The summed E-state index contributed by atoms with van der Waals surface area (Å²) in [5.41, 5.74) is 2.05. The summed E-state index contributed by atoms with van der Waals surface area (Å²) in [4.78, 5) is 38.7. The highest BCUT2D eigenvalue weighted by Gasteiger charge is 2.31. The van der Waals surface area contributed by atoms with E-state index >= 15 is 0 Å². The average molecular weight is 645 g/mol. The van der Waals surface area contributed by atoms with Crippen LogP contribution in [0.25, 0.3) is 0 Å². The number of benzene rings is 2. The zero-order valence-corrected chi connectivity index (χ0v) is 25.0. The molecule has 196 valence electrons. The second-order valence-electron chi connectivity index (χ2n) is 8.05. The highest BCUT2D eigenvalue weighted by molar-refractivity contribution is 9.11. The van der Waals surface area contributed by atoms with Crippen molar-refractivity contribution in [3.63, 3.8) is 0 Å². The number of methoxy groups -OCH3 is 1. The Balaban J connectivity index is 2.10. The fourth-order valence-corrected chi connectivity index (χ4v) is 5.99. The third kappa shape index (κ3) is 8.52. The van der Waals surface area contributed by atoms with Gasteiger partial charge in [-0.3, -0.25) is 4.79 Å². The van der Waals surface area contributed by atoms with E-state index in [9.17, 15) is 14.4 Å². The van der Waals surface area contributed by atoms with Gasteiger partial charge in [-0.15, -0.1) is 0 Å². The molecule has 0 aromatic heterocycles. The molecule has 0 fully saturated rings. The molecule has 0 aliphatic rings. The molecule has 0 heterocycles. The number of carbonyl (C=O) groups is 3. The molecule has 0 radical (unpaired) electrons. The first kappa shape index (κ1) is 30.2. The molecule has 0 aliphatic heterocycles. The van der Waals surface area contributed by atoms with Crippen LogP contribution in [0.5, 0.6) is 5.75 Å². The van der Waals surface area contributed by atoms with Gasteiger partial charge in [0.2, 0.25) is 11.9 Å². The maximum absolute atomic E-state index is 12.5. The van der Waals surface area contributed by atoms with Crippen LogP contribution in [0.15, 0.2) is 49.1 Å². The number of halogens is 2. The normalized spacial score (nSPS) is 10.9. The zero-order valence-electron chi connectivity index (χ0n) is 21.0. The summed E-state index contributed by atoms with van der Waals surface area (Å²) in [6.45, 7) is 7.68.